The number of halogens is 1. The smallest absolute Gasteiger partial charge is 0.240 e. The lowest BCUT2D eigenvalue weighted by molar-refractivity contribution is -0.121. The fraction of sp³-hybridized carbons (Fsp3) is 0.550. The van der Waals surface area contributed by atoms with Crippen molar-refractivity contribution in [3.05, 3.63) is 40.4 Å². The highest BCUT2D eigenvalue weighted by molar-refractivity contribution is 9.10. The van der Waals surface area contributed by atoms with E-state index in [9.17, 15) is 13.2 Å². The van der Waals surface area contributed by atoms with Crippen molar-refractivity contribution >= 4 is 31.9 Å². The van der Waals surface area contributed by atoms with Gasteiger partial charge in [-0.2, -0.15) is 0 Å². The average Bonchev–Trinajstić information content (AvgIpc) is 2.66. The van der Waals surface area contributed by atoms with Gasteiger partial charge in [0.15, 0.2) is 0 Å². The van der Waals surface area contributed by atoms with Crippen LogP contribution in [-0.4, -0.2) is 27.4 Å². The van der Waals surface area contributed by atoms with E-state index in [1.165, 1.54) is 31.3 Å². The Morgan fingerprint density at radius 2 is 1.81 bits per heavy atom. The second-order valence-electron chi connectivity index (χ2n) is 6.87. The van der Waals surface area contributed by atoms with Crippen LogP contribution < -0.4 is 10.0 Å². The third-order valence-electron chi connectivity index (χ3n) is 4.65. The Labute approximate surface area is 171 Å². The van der Waals surface area contributed by atoms with Gasteiger partial charge in [-0.1, -0.05) is 34.0 Å². The molecular weight excluding hydrogens is 428 g/mol. The summed E-state index contributed by atoms with van der Waals surface area (Å²) in [7, 11) is -3.46. The van der Waals surface area contributed by atoms with Gasteiger partial charge in [-0.05, 0) is 69.2 Å². The molecule has 0 saturated carbocycles. The van der Waals surface area contributed by atoms with E-state index in [0.717, 1.165) is 36.7 Å². The average molecular weight is 457 g/mol. The summed E-state index contributed by atoms with van der Waals surface area (Å²) in [6, 6.07) is 6.55. The zero-order chi connectivity index (χ0) is 19.5. The van der Waals surface area contributed by atoms with Crippen LogP contribution in [0.15, 0.2) is 45.3 Å². The molecule has 1 amide bonds. The van der Waals surface area contributed by atoms with Crippen molar-refractivity contribution in [1.82, 2.24) is 10.0 Å². The number of amides is 1. The standard InChI is InChI=1S/C20H29BrN2O3S/c21-18-10-12-19(13-11-18)27(25,26)23-15-6-2-5-9-20(24)22-16-14-17-7-3-1-4-8-17/h7,10-13,23H,1-6,8-9,14-16H2,(H,22,24). The SMILES string of the molecule is O=C(CCCCCNS(=O)(=O)c1ccc(Br)cc1)NCCC1=CCCCC1. The molecular formula is C20H29BrN2O3S. The first-order valence-corrected chi connectivity index (χ1v) is 11.9. The highest BCUT2D eigenvalue weighted by atomic mass is 79.9. The number of unbranched alkanes of at least 4 members (excludes halogenated alkanes) is 2. The van der Waals surface area contributed by atoms with Crippen molar-refractivity contribution in [2.24, 2.45) is 0 Å². The third-order valence-corrected chi connectivity index (χ3v) is 6.66. The van der Waals surface area contributed by atoms with E-state index in [-0.39, 0.29) is 10.8 Å². The zero-order valence-electron chi connectivity index (χ0n) is 15.7. The Bertz CT molecular complexity index is 730. The number of allylic oxidation sites excluding steroid dienone is 1. The van der Waals surface area contributed by atoms with E-state index in [1.54, 1.807) is 24.3 Å². The molecule has 0 spiro atoms. The molecule has 1 aliphatic rings. The van der Waals surface area contributed by atoms with Gasteiger partial charge in [-0.15, -0.1) is 0 Å². The van der Waals surface area contributed by atoms with E-state index in [2.05, 4.69) is 32.0 Å². The Hall–Kier alpha value is -1.18. The molecule has 0 bridgehead atoms. The molecule has 2 rings (SSSR count). The predicted octanol–water partition coefficient (Wildman–Crippen LogP) is 4.29. The first-order valence-electron chi connectivity index (χ1n) is 9.67. The maximum Gasteiger partial charge on any atom is 0.240 e. The van der Waals surface area contributed by atoms with Crippen LogP contribution in [0.1, 0.15) is 57.8 Å². The molecule has 1 aromatic rings. The van der Waals surface area contributed by atoms with Gasteiger partial charge in [0, 0.05) is 24.0 Å². The van der Waals surface area contributed by atoms with Crippen molar-refractivity contribution in [3.8, 4) is 0 Å². The first kappa shape index (κ1) is 22.1. The summed E-state index contributed by atoms with van der Waals surface area (Å²) in [5.41, 5.74) is 1.47. The maximum atomic E-state index is 12.1. The van der Waals surface area contributed by atoms with Crippen LogP contribution in [0.25, 0.3) is 0 Å². The second-order valence-corrected chi connectivity index (χ2v) is 9.55. The number of benzene rings is 1. The molecule has 1 aliphatic carbocycles. The third kappa shape index (κ3) is 8.58. The van der Waals surface area contributed by atoms with Crippen LogP contribution >= 0.6 is 15.9 Å². The van der Waals surface area contributed by atoms with Gasteiger partial charge in [0.25, 0.3) is 0 Å². The van der Waals surface area contributed by atoms with Crippen LogP contribution in [0.5, 0.6) is 0 Å². The van der Waals surface area contributed by atoms with Gasteiger partial charge in [0.05, 0.1) is 4.90 Å². The Kier molecular flexibility index (Phi) is 9.51. The van der Waals surface area contributed by atoms with Gasteiger partial charge in [-0.3, -0.25) is 4.79 Å². The summed E-state index contributed by atoms with van der Waals surface area (Å²) in [6.07, 6.45) is 11.0. The van der Waals surface area contributed by atoms with Crippen molar-refractivity contribution < 1.29 is 13.2 Å². The molecule has 0 atom stereocenters. The van der Waals surface area contributed by atoms with Crippen molar-refractivity contribution in [1.29, 1.82) is 0 Å². The molecule has 0 heterocycles. The summed E-state index contributed by atoms with van der Waals surface area (Å²) in [5, 5.41) is 2.98. The van der Waals surface area contributed by atoms with E-state index in [4.69, 9.17) is 0 Å². The number of sulfonamides is 1. The van der Waals surface area contributed by atoms with Gasteiger partial charge in [0.1, 0.15) is 0 Å². The summed E-state index contributed by atoms with van der Waals surface area (Å²) in [4.78, 5) is 12.1. The summed E-state index contributed by atoms with van der Waals surface area (Å²) in [6.45, 7) is 1.10. The molecule has 5 nitrogen and oxygen atoms in total. The fourth-order valence-corrected chi connectivity index (χ4v) is 4.41. The molecule has 0 saturated heterocycles. The van der Waals surface area contributed by atoms with Gasteiger partial charge < -0.3 is 5.32 Å². The summed E-state index contributed by atoms with van der Waals surface area (Å²) < 4.78 is 27.7. The lowest BCUT2D eigenvalue weighted by atomic mass is 9.97. The molecule has 150 valence electrons. The van der Waals surface area contributed by atoms with Crippen LogP contribution in [0.2, 0.25) is 0 Å². The number of nitrogens with one attached hydrogen (secondary N) is 2. The van der Waals surface area contributed by atoms with E-state index in [1.807, 2.05) is 0 Å². The molecule has 7 heteroatoms. The van der Waals surface area contributed by atoms with Crippen molar-refractivity contribution in [3.63, 3.8) is 0 Å². The molecule has 27 heavy (non-hydrogen) atoms. The molecule has 1 aromatic carbocycles. The molecule has 0 radical (unpaired) electrons. The largest absolute Gasteiger partial charge is 0.356 e. The minimum absolute atomic E-state index is 0.0850. The number of hydrogen-bond acceptors (Lipinski definition) is 3. The monoisotopic (exact) mass is 456 g/mol. The number of rotatable bonds is 11. The lowest BCUT2D eigenvalue weighted by Crippen LogP contribution is -2.25. The van der Waals surface area contributed by atoms with Crippen molar-refractivity contribution in [2.75, 3.05) is 13.1 Å². The van der Waals surface area contributed by atoms with Gasteiger partial charge in [0.2, 0.25) is 15.9 Å². The minimum Gasteiger partial charge on any atom is -0.356 e. The molecule has 0 aromatic heterocycles. The Balaban J connectivity index is 1.53. The topological polar surface area (TPSA) is 75.3 Å². The highest BCUT2D eigenvalue weighted by Crippen LogP contribution is 2.19. The minimum atomic E-state index is -3.46. The van der Waals surface area contributed by atoms with Crippen LogP contribution in [0.3, 0.4) is 0 Å². The van der Waals surface area contributed by atoms with E-state index < -0.39 is 10.0 Å². The zero-order valence-corrected chi connectivity index (χ0v) is 18.1. The van der Waals surface area contributed by atoms with Gasteiger partial charge in [-0.25, -0.2) is 13.1 Å². The first-order chi connectivity index (χ1) is 13.0. The van der Waals surface area contributed by atoms with Gasteiger partial charge >= 0.3 is 0 Å². The molecule has 0 unspecified atom stereocenters. The highest BCUT2D eigenvalue weighted by Gasteiger charge is 2.12. The van der Waals surface area contributed by atoms with E-state index in [0.29, 0.717) is 13.0 Å². The molecule has 2 N–H and O–H groups in total. The quantitative estimate of drug-likeness (QED) is 0.385. The Morgan fingerprint density at radius 3 is 2.52 bits per heavy atom. The summed E-state index contributed by atoms with van der Waals surface area (Å²) in [5.74, 6) is 0.0850. The van der Waals surface area contributed by atoms with Crippen molar-refractivity contribution in [2.45, 2.75) is 62.7 Å². The number of hydrogen-bond donors (Lipinski definition) is 2. The molecule has 0 aliphatic heterocycles. The Morgan fingerprint density at radius 1 is 1.04 bits per heavy atom. The number of carbonyl (C=O) groups excluding carboxylic acids is 1. The maximum absolute atomic E-state index is 12.1. The predicted molar refractivity (Wildman–Crippen MR) is 112 cm³/mol. The van der Waals surface area contributed by atoms with Crippen LogP contribution in [0, 0.1) is 0 Å². The van der Waals surface area contributed by atoms with Crippen LogP contribution in [-0.2, 0) is 14.8 Å². The summed E-state index contributed by atoms with van der Waals surface area (Å²) >= 11 is 3.29. The fourth-order valence-electron chi connectivity index (χ4n) is 3.07. The normalized spacial score (nSPS) is 14.6. The van der Waals surface area contributed by atoms with Crippen LogP contribution in [0.4, 0.5) is 0 Å². The second kappa shape index (κ2) is 11.6. The van der Waals surface area contributed by atoms with E-state index >= 15 is 0 Å². The number of carbonyl (C=O) groups is 1. The molecule has 0 fully saturated rings. The lowest BCUT2D eigenvalue weighted by Gasteiger charge is -2.13.